The summed E-state index contributed by atoms with van der Waals surface area (Å²) in [5.41, 5.74) is 2.39. The van der Waals surface area contributed by atoms with Gasteiger partial charge in [-0.2, -0.15) is 0 Å². The molecule has 0 fully saturated rings. The van der Waals surface area contributed by atoms with E-state index in [0.717, 1.165) is 15.6 Å². The highest BCUT2D eigenvalue weighted by atomic mass is 79.9. The molecular weight excluding hydrogens is 370 g/mol. The summed E-state index contributed by atoms with van der Waals surface area (Å²) in [4.78, 5) is 11.8. The molecule has 0 unspecified atom stereocenters. The number of anilines is 1. The maximum absolute atomic E-state index is 11.8. The van der Waals surface area contributed by atoms with Gasteiger partial charge in [0.1, 0.15) is 18.5 Å². The Kier molecular flexibility index (Phi) is 4.38. The standard InChI is InChI=1S/C16H13BrClNO3/c1-21-13-4-2-3-10(15(13)17)16-11-7-9(18)5-6-12(11)19-14(20)8-22-16/h2-7,16H,8H2,1H3,(H,19,20)/t16-/m1/s1. The monoisotopic (exact) mass is 381 g/mol. The fourth-order valence-corrected chi connectivity index (χ4v) is 3.26. The third-order valence-corrected chi connectivity index (χ3v) is 4.53. The van der Waals surface area contributed by atoms with Gasteiger partial charge in [0.25, 0.3) is 0 Å². The lowest BCUT2D eigenvalue weighted by molar-refractivity contribution is -0.121. The van der Waals surface area contributed by atoms with Crippen LogP contribution in [0.1, 0.15) is 17.2 Å². The van der Waals surface area contributed by atoms with Crippen molar-refractivity contribution in [1.82, 2.24) is 0 Å². The summed E-state index contributed by atoms with van der Waals surface area (Å²) in [7, 11) is 1.60. The Morgan fingerprint density at radius 1 is 1.32 bits per heavy atom. The topological polar surface area (TPSA) is 47.6 Å². The van der Waals surface area contributed by atoms with Crippen LogP contribution >= 0.6 is 27.5 Å². The minimum atomic E-state index is -0.419. The Balaban J connectivity index is 2.15. The number of hydrogen-bond acceptors (Lipinski definition) is 3. The highest BCUT2D eigenvalue weighted by Gasteiger charge is 2.26. The molecule has 1 heterocycles. The number of methoxy groups -OCH3 is 1. The number of carbonyl (C=O) groups excluding carboxylic acids is 1. The maximum atomic E-state index is 11.8. The van der Waals surface area contributed by atoms with Crippen LogP contribution < -0.4 is 10.1 Å². The molecule has 1 amide bonds. The lowest BCUT2D eigenvalue weighted by Gasteiger charge is -2.20. The number of hydrogen-bond donors (Lipinski definition) is 1. The van der Waals surface area contributed by atoms with E-state index in [1.165, 1.54) is 0 Å². The van der Waals surface area contributed by atoms with E-state index in [2.05, 4.69) is 21.2 Å². The van der Waals surface area contributed by atoms with Crippen molar-refractivity contribution in [3.05, 3.63) is 57.0 Å². The highest BCUT2D eigenvalue weighted by molar-refractivity contribution is 9.10. The molecular formula is C16H13BrClNO3. The van der Waals surface area contributed by atoms with E-state index < -0.39 is 6.10 Å². The van der Waals surface area contributed by atoms with Crippen molar-refractivity contribution in [2.75, 3.05) is 19.0 Å². The van der Waals surface area contributed by atoms with E-state index in [0.29, 0.717) is 16.5 Å². The van der Waals surface area contributed by atoms with Crippen LogP contribution in [-0.4, -0.2) is 19.6 Å². The Bertz CT molecular complexity index is 735. The zero-order valence-corrected chi connectivity index (χ0v) is 14.1. The number of amides is 1. The molecule has 6 heteroatoms. The minimum absolute atomic E-state index is 0.0272. The summed E-state index contributed by atoms with van der Waals surface area (Å²) in [5, 5.41) is 3.41. The van der Waals surface area contributed by atoms with Gasteiger partial charge < -0.3 is 14.8 Å². The number of carbonyl (C=O) groups is 1. The molecule has 22 heavy (non-hydrogen) atoms. The fraction of sp³-hybridized carbons (Fsp3) is 0.188. The number of ether oxygens (including phenoxy) is 2. The van der Waals surface area contributed by atoms with Gasteiger partial charge in [-0.1, -0.05) is 23.7 Å². The highest BCUT2D eigenvalue weighted by Crippen LogP contribution is 2.40. The van der Waals surface area contributed by atoms with E-state index in [9.17, 15) is 4.79 Å². The first-order chi connectivity index (χ1) is 10.6. The van der Waals surface area contributed by atoms with E-state index >= 15 is 0 Å². The van der Waals surface area contributed by atoms with Crippen LogP contribution in [0.2, 0.25) is 5.02 Å². The van der Waals surface area contributed by atoms with Crippen molar-refractivity contribution in [1.29, 1.82) is 0 Å². The maximum Gasteiger partial charge on any atom is 0.250 e. The third-order valence-electron chi connectivity index (χ3n) is 3.45. The zero-order valence-electron chi connectivity index (χ0n) is 11.7. The van der Waals surface area contributed by atoms with Gasteiger partial charge >= 0.3 is 0 Å². The number of fused-ring (bicyclic) bond motifs is 1. The van der Waals surface area contributed by atoms with Crippen molar-refractivity contribution in [2.45, 2.75) is 6.10 Å². The van der Waals surface area contributed by atoms with Crippen molar-refractivity contribution in [3.63, 3.8) is 0 Å². The summed E-state index contributed by atoms with van der Waals surface area (Å²) >= 11 is 9.66. The van der Waals surface area contributed by atoms with Crippen LogP contribution in [0.4, 0.5) is 5.69 Å². The quantitative estimate of drug-likeness (QED) is 0.848. The Hall–Kier alpha value is -1.56. The largest absolute Gasteiger partial charge is 0.496 e. The van der Waals surface area contributed by atoms with Crippen LogP contribution in [0.25, 0.3) is 0 Å². The van der Waals surface area contributed by atoms with Gasteiger partial charge in [-0.3, -0.25) is 4.79 Å². The molecule has 0 aromatic heterocycles. The number of nitrogens with one attached hydrogen (secondary N) is 1. The van der Waals surface area contributed by atoms with Gasteiger partial charge in [-0.25, -0.2) is 0 Å². The van der Waals surface area contributed by atoms with Gasteiger partial charge in [0.15, 0.2) is 0 Å². The van der Waals surface area contributed by atoms with Gasteiger partial charge in [0.2, 0.25) is 5.91 Å². The summed E-state index contributed by atoms with van der Waals surface area (Å²) in [5.74, 6) is 0.512. The van der Waals surface area contributed by atoms with Crippen LogP contribution in [0, 0.1) is 0 Å². The molecule has 0 aliphatic carbocycles. The van der Waals surface area contributed by atoms with Crippen LogP contribution in [0.3, 0.4) is 0 Å². The second-order valence-electron chi connectivity index (χ2n) is 4.83. The van der Waals surface area contributed by atoms with Gasteiger partial charge in [-0.15, -0.1) is 0 Å². The van der Waals surface area contributed by atoms with E-state index in [1.54, 1.807) is 25.3 Å². The normalized spacial score (nSPS) is 17.4. The number of benzene rings is 2. The predicted octanol–water partition coefficient (Wildman–Crippen LogP) is 4.17. The summed E-state index contributed by atoms with van der Waals surface area (Å²) < 4.78 is 11.9. The van der Waals surface area contributed by atoms with E-state index in [1.807, 2.05) is 18.2 Å². The van der Waals surface area contributed by atoms with E-state index in [4.69, 9.17) is 21.1 Å². The molecule has 1 aliphatic rings. The van der Waals surface area contributed by atoms with Crippen LogP contribution in [0.5, 0.6) is 5.75 Å². The average Bonchev–Trinajstić information content (AvgIpc) is 2.66. The first kappa shape index (κ1) is 15.3. The number of halogens is 2. The lowest BCUT2D eigenvalue weighted by Crippen LogP contribution is -2.15. The lowest BCUT2D eigenvalue weighted by atomic mass is 9.99. The SMILES string of the molecule is COc1cccc([C@H]2OCC(=O)Nc3ccc(Cl)cc32)c1Br. The molecule has 0 bridgehead atoms. The third kappa shape index (κ3) is 2.84. The van der Waals surface area contributed by atoms with Crippen LogP contribution in [0.15, 0.2) is 40.9 Å². The Labute approximate surface area is 141 Å². The first-order valence-electron chi connectivity index (χ1n) is 6.63. The molecule has 0 spiro atoms. The summed E-state index contributed by atoms with van der Waals surface area (Å²) in [6, 6.07) is 11.0. The molecule has 114 valence electrons. The average molecular weight is 383 g/mol. The zero-order chi connectivity index (χ0) is 15.7. The Morgan fingerprint density at radius 3 is 2.91 bits per heavy atom. The molecule has 1 atom stereocenters. The molecule has 0 radical (unpaired) electrons. The molecule has 2 aromatic rings. The second kappa shape index (κ2) is 6.28. The molecule has 0 saturated heterocycles. The molecule has 1 N–H and O–H groups in total. The molecule has 0 saturated carbocycles. The van der Waals surface area contributed by atoms with Crippen molar-refractivity contribution < 1.29 is 14.3 Å². The molecule has 3 rings (SSSR count). The Morgan fingerprint density at radius 2 is 2.14 bits per heavy atom. The van der Waals surface area contributed by atoms with Gasteiger partial charge in [0, 0.05) is 21.8 Å². The predicted molar refractivity (Wildman–Crippen MR) is 88.6 cm³/mol. The second-order valence-corrected chi connectivity index (χ2v) is 6.06. The van der Waals surface area contributed by atoms with Crippen molar-refractivity contribution in [3.8, 4) is 5.75 Å². The smallest absolute Gasteiger partial charge is 0.250 e. The minimum Gasteiger partial charge on any atom is -0.496 e. The van der Waals surface area contributed by atoms with E-state index in [-0.39, 0.29) is 12.5 Å². The fourth-order valence-electron chi connectivity index (χ4n) is 2.44. The molecule has 2 aromatic carbocycles. The first-order valence-corrected chi connectivity index (χ1v) is 7.80. The molecule has 1 aliphatic heterocycles. The molecule has 4 nitrogen and oxygen atoms in total. The summed E-state index contributed by atoms with van der Waals surface area (Å²) in [6.07, 6.45) is -0.419. The van der Waals surface area contributed by atoms with Gasteiger partial charge in [0.05, 0.1) is 11.6 Å². The van der Waals surface area contributed by atoms with Crippen LogP contribution in [-0.2, 0) is 9.53 Å². The van der Waals surface area contributed by atoms with Crippen molar-refractivity contribution >= 4 is 39.1 Å². The van der Waals surface area contributed by atoms with Gasteiger partial charge in [-0.05, 0) is 40.2 Å². The number of rotatable bonds is 2. The van der Waals surface area contributed by atoms with Crippen molar-refractivity contribution in [2.24, 2.45) is 0 Å². The summed E-state index contributed by atoms with van der Waals surface area (Å²) in [6.45, 7) is -0.0272.